The standard InChI is InChI=1S/C18H30N/c1-5-17-12-14-18(15-13-17)11-9-7-6-8-10-16-19(2,3)4/h5,12-15H,1,6-11,16H2,2-4H3/q+1. The number of unbranched alkanes of at least 4 members (excludes halogenated alkanes) is 4. The zero-order valence-electron chi connectivity index (χ0n) is 13.0. The lowest BCUT2D eigenvalue weighted by atomic mass is 10.0. The molecule has 0 aliphatic heterocycles. The van der Waals surface area contributed by atoms with Crippen LogP contribution in [-0.2, 0) is 6.42 Å². The van der Waals surface area contributed by atoms with Gasteiger partial charge in [-0.15, -0.1) is 0 Å². The van der Waals surface area contributed by atoms with Crippen LogP contribution < -0.4 is 0 Å². The molecular formula is C18H30N+. The van der Waals surface area contributed by atoms with E-state index in [1.165, 1.54) is 56.2 Å². The topological polar surface area (TPSA) is 0 Å². The molecule has 106 valence electrons. The van der Waals surface area contributed by atoms with Gasteiger partial charge in [-0.25, -0.2) is 0 Å². The monoisotopic (exact) mass is 260 g/mol. The minimum atomic E-state index is 1.09. The third-order valence-electron chi connectivity index (χ3n) is 3.51. The number of aryl methyl sites for hydroxylation is 1. The summed E-state index contributed by atoms with van der Waals surface area (Å²) in [6, 6.07) is 8.77. The first-order valence-corrected chi connectivity index (χ1v) is 7.53. The highest BCUT2D eigenvalue weighted by Gasteiger charge is 2.04. The molecule has 0 N–H and O–H groups in total. The maximum atomic E-state index is 3.78. The van der Waals surface area contributed by atoms with Gasteiger partial charge in [0.25, 0.3) is 0 Å². The van der Waals surface area contributed by atoms with Crippen LogP contribution >= 0.6 is 0 Å². The molecule has 0 fully saturated rings. The van der Waals surface area contributed by atoms with Crippen LogP contribution in [0, 0.1) is 0 Å². The highest BCUT2D eigenvalue weighted by Crippen LogP contribution is 2.11. The fourth-order valence-electron chi connectivity index (χ4n) is 2.27. The number of benzene rings is 1. The SMILES string of the molecule is C=Cc1ccc(CCCCCCC[N+](C)(C)C)cc1. The molecule has 1 rings (SSSR count). The maximum Gasteiger partial charge on any atom is 0.0780 e. The quantitative estimate of drug-likeness (QED) is 0.452. The van der Waals surface area contributed by atoms with Gasteiger partial charge in [0.1, 0.15) is 0 Å². The van der Waals surface area contributed by atoms with Crippen molar-refractivity contribution in [1.29, 1.82) is 0 Å². The van der Waals surface area contributed by atoms with Crippen molar-refractivity contribution in [3.8, 4) is 0 Å². The van der Waals surface area contributed by atoms with Crippen LogP contribution in [0.25, 0.3) is 6.08 Å². The van der Waals surface area contributed by atoms with Gasteiger partial charge >= 0.3 is 0 Å². The molecule has 0 saturated heterocycles. The first-order chi connectivity index (χ1) is 9.01. The average molecular weight is 260 g/mol. The van der Waals surface area contributed by atoms with Gasteiger partial charge in [-0.2, -0.15) is 0 Å². The molecule has 0 saturated carbocycles. The van der Waals surface area contributed by atoms with Gasteiger partial charge in [0.15, 0.2) is 0 Å². The Hall–Kier alpha value is -1.08. The third-order valence-corrected chi connectivity index (χ3v) is 3.51. The van der Waals surface area contributed by atoms with Crippen molar-refractivity contribution in [2.75, 3.05) is 27.7 Å². The Morgan fingerprint density at radius 1 is 0.895 bits per heavy atom. The molecule has 0 amide bonds. The number of nitrogens with zero attached hydrogens (tertiary/aromatic N) is 1. The molecule has 1 nitrogen and oxygen atoms in total. The Morgan fingerprint density at radius 2 is 1.47 bits per heavy atom. The molecule has 1 heteroatoms. The largest absolute Gasteiger partial charge is 0.331 e. The smallest absolute Gasteiger partial charge is 0.0780 e. The lowest BCUT2D eigenvalue weighted by molar-refractivity contribution is -0.870. The van der Waals surface area contributed by atoms with E-state index in [9.17, 15) is 0 Å². The van der Waals surface area contributed by atoms with Crippen LogP contribution in [0.5, 0.6) is 0 Å². The van der Waals surface area contributed by atoms with E-state index in [1.807, 2.05) is 6.08 Å². The van der Waals surface area contributed by atoms with E-state index in [2.05, 4.69) is 52.0 Å². The average Bonchev–Trinajstić information content (AvgIpc) is 2.37. The van der Waals surface area contributed by atoms with Crippen LogP contribution in [0.15, 0.2) is 30.8 Å². The van der Waals surface area contributed by atoms with E-state index in [-0.39, 0.29) is 0 Å². The first kappa shape index (κ1) is 16.0. The summed E-state index contributed by atoms with van der Waals surface area (Å²) in [4.78, 5) is 0. The fraction of sp³-hybridized carbons (Fsp3) is 0.556. The summed E-state index contributed by atoms with van der Waals surface area (Å²) >= 11 is 0. The normalized spacial score (nSPS) is 11.5. The highest BCUT2D eigenvalue weighted by molar-refractivity contribution is 5.47. The predicted octanol–water partition coefficient (Wildman–Crippen LogP) is 4.53. The third kappa shape index (κ3) is 7.84. The van der Waals surface area contributed by atoms with E-state index in [1.54, 1.807) is 0 Å². The van der Waals surface area contributed by atoms with Gasteiger partial charge < -0.3 is 4.48 Å². The molecule has 0 aliphatic rings. The molecule has 1 aromatic carbocycles. The molecule has 0 bridgehead atoms. The molecule has 0 aromatic heterocycles. The Morgan fingerprint density at radius 3 is 2.05 bits per heavy atom. The van der Waals surface area contributed by atoms with E-state index in [0.29, 0.717) is 0 Å². The van der Waals surface area contributed by atoms with E-state index in [0.717, 1.165) is 4.48 Å². The van der Waals surface area contributed by atoms with Crippen molar-refractivity contribution in [1.82, 2.24) is 0 Å². The number of hydrogen-bond acceptors (Lipinski definition) is 0. The van der Waals surface area contributed by atoms with Crippen LogP contribution in [-0.4, -0.2) is 32.2 Å². The fourth-order valence-corrected chi connectivity index (χ4v) is 2.27. The minimum absolute atomic E-state index is 1.09. The van der Waals surface area contributed by atoms with Gasteiger partial charge in [-0.3, -0.25) is 0 Å². The van der Waals surface area contributed by atoms with E-state index < -0.39 is 0 Å². The Kier molecular flexibility index (Phi) is 6.86. The number of quaternary nitrogens is 1. The zero-order chi connectivity index (χ0) is 14.1. The lowest BCUT2D eigenvalue weighted by Crippen LogP contribution is -2.35. The molecule has 0 radical (unpaired) electrons. The Balaban J connectivity index is 2.05. The second-order valence-corrected chi connectivity index (χ2v) is 6.48. The molecule has 0 spiro atoms. The summed E-state index contributed by atoms with van der Waals surface area (Å²) in [5, 5.41) is 0. The minimum Gasteiger partial charge on any atom is -0.331 e. The van der Waals surface area contributed by atoms with Crippen LogP contribution in [0.1, 0.15) is 43.2 Å². The predicted molar refractivity (Wildman–Crippen MR) is 86.2 cm³/mol. The second kappa shape index (κ2) is 8.16. The summed E-state index contributed by atoms with van der Waals surface area (Å²) < 4.78 is 1.09. The highest BCUT2D eigenvalue weighted by atomic mass is 15.3. The number of rotatable bonds is 9. The molecule has 19 heavy (non-hydrogen) atoms. The second-order valence-electron chi connectivity index (χ2n) is 6.48. The maximum absolute atomic E-state index is 3.78. The van der Waals surface area contributed by atoms with Gasteiger partial charge in [0.2, 0.25) is 0 Å². The van der Waals surface area contributed by atoms with Crippen molar-refractivity contribution in [3.05, 3.63) is 42.0 Å². The Labute approximate surface area is 119 Å². The molecule has 0 unspecified atom stereocenters. The van der Waals surface area contributed by atoms with E-state index in [4.69, 9.17) is 0 Å². The molecule has 1 aromatic rings. The van der Waals surface area contributed by atoms with Crippen molar-refractivity contribution in [2.45, 2.75) is 38.5 Å². The van der Waals surface area contributed by atoms with Crippen molar-refractivity contribution in [2.24, 2.45) is 0 Å². The first-order valence-electron chi connectivity index (χ1n) is 7.53. The summed E-state index contributed by atoms with van der Waals surface area (Å²) in [7, 11) is 6.81. The van der Waals surface area contributed by atoms with Crippen molar-refractivity contribution in [3.63, 3.8) is 0 Å². The number of hydrogen-bond donors (Lipinski definition) is 0. The molecule has 0 heterocycles. The van der Waals surface area contributed by atoms with Crippen LogP contribution in [0.3, 0.4) is 0 Å². The Bertz CT molecular complexity index is 356. The van der Waals surface area contributed by atoms with Crippen LogP contribution in [0.2, 0.25) is 0 Å². The molecule has 0 atom stereocenters. The van der Waals surface area contributed by atoms with Crippen molar-refractivity contribution >= 4 is 6.08 Å². The van der Waals surface area contributed by atoms with Gasteiger partial charge in [-0.05, 0) is 36.8 Å². The molecular weight excluding hydrogens is 230 g/mol. The van der Waals surface area contributed by atoms with Gasteiger partial charge in [0, 0.05) is 0 Å². The zero-order valence-corrected chi connectivity index (χ0v) is 13.0. The van der Waals surface area contributed by atoms with Gasteiger partial charge in [0.05, 0.1) is 27.7 Å². The van der Waals surface area contributed by atoms with Crippen molar-refractivity contribution < 1.29 is 4.48 Å². The summed E-state index contributed by atoms with van der Waals surface area (Å²) in [6.07, 6.45) is 9.91. The van der Waals surface area contributed by atoms with E-state index >= 15 is 0 Å². The summed E-state index contributed by atoms with van der Waals surface area (Å²) in [6.45, 7) is 5.08. The van der Waals surface area contributed by atoms with Crippen LogP contribution in [0.4, 0.5) is 0 Å². The van der Waals surface area contributed by atoms with Gasteiger partial charge in [-0.1, -0.05) is 49.8 Å². The summed E-state index contributed by atoms with van der Waals surface area (Å²) in [5.41, 5.74) is 2.67. The lowest BCUT2D eigenvalue weighted by Gasteiger charge is -2.23. The summed E-state index contributed by atoms with van der Waals surface area (Å²) in [5.74, 6) is 0. The molecule has 0 aliphatic carbocycles.